The molecule has 0 saturated carbocycles. The molecule has 0 saturated heterocycles. The number of hydrogen-bond acceptors (Lipinski definition) is 4. The molecule has 0 unspecified atom stereocenters. The molecular weight excluding hydrogens is 437 g/mol. The molecule has 3 rings (SSSR count). The first-order valence-electron chi connectivity index (χ1n) is 7.15. The van der Waals surface area contributed by atoms with Gasteiger partial charge in [-0.2, -0.15) is 18.2 Å². The van der Waals surface area contributed by atoms with Crippen molar-refractivity contribution in [3.8, 4) is 17.2 Å². The Labute approximate surface area is 165 Å². The van der Waals surface area contributed by atoms with Crippen LogP contribution in [0.5, 0.6) is 17.2 Å². The quantitative estimate of drug-likeness (QED) is 0.260. The van der Waals surface area contributed by atoms with Gasteiger partial charge in [0.1, 0.15) is 0 Å². The van der Waals surface area contributed by atoms with E-state index in [2.05, 4.69) is 9.73 Å². The molecule has 1 aliphatic rings. The highest BCUT2D eigenvalue weighted by atomic mass is 35.6. The summed E-state index contributed by atoms with van der Waals surface area (Å²) >= 11 is 17.4. The van der Waals surface area contributed by atoms with Crippen LogP contribution in [0.15, 0.2) is 53.5 Å². The monoisotopic (exact) mass is 443 g/mol. The van der Waals surface area contributed by atoms with E-state index in [4.69, 9.17) is 44.3 Å². The highest BCUT2D eigenvalue weighted by Crippen LogP contribution is 2.50. The van der Waals surface area contributed by atoms with Gasteiger partial charge in [-0.25, -0.2) is 4.39 Å². The van der Waals surface area contributed by atoms with E-state index in [1.54, 1.807) is 0 Å². The maximum Gasteiger partial charge on any atom is 0.468 e. The average molecular weight is 445 g/mol. The van der Waals surface area contributed by atoms with Crippen LogP contribution in [0, 0.1) is 5.82 Å². The summed E-state index contributed by atoms with van der Waals surface area (Å²) in [5.41, 5.74) is 0. The van der Waals surface area contributed by atoms with Crippen molar-refractivity contribution in [2.45, 2.75) is 15.9 Å². The predicted molar refractivity (Wildman–Crippen MR) is 91.2 cm³/mol. The van der Waals surface area contributed by atoms with E-state index in [9.17, 15) is 17.6 Å². The fourth-order valence-electron chi connectivity index (χ4n) is 2.07. The zero-order chi connectivity index (χ0) is 19.9. The molecule has 0 aliphatic carbocycles. The van der Waals surface area contributed by atoms with Crippen molar-refractivity contribution in [1.82, 2.24) is 0 Å². The standard InChI is InChI=1S/C16H8Cl3F4NO3/c17-15(18,19)16(26-11-7-3-4-8-12(11)27-16)24-13(14(21,22)23)25-10-6-2-1-5-9(10)20/h1-8H. The highest BCUT2D eigenvalue weighted by Gasteiger charge is 2.61. The number of fused-ring (bicyclic) bond motifs is 1. The number of benzene rings is 2. The Bertz CT molecular complexity index is 859. The van der Waals surface area contributed by atoms with Crippen LogP contribution in [0.3, 0.4) is 0 Å². The van der Waals surface area contributed by atoms with E-state index in [-0.39, 0.29) is 11.5 Å². The van der Waals surface area contributed by atoms with Crippen LogP contribution in [0.4, 0.5) is 17.6 Å². The molecule has 0 N–H and O–H groups in total. The Hall–Kier alpha value is -1.90. The second kappa shape index (κ2) is 6.92. The molecular formula is C16H8Cl3F4NO3. The third kappa shape index (κ3) is 4.02. The van der Waals surface area contributed by atoms with Gasteiger partial charge >= 0.3 is 18.0 Å². The Kier molecular flexibility index (Phi) is 5.09. The van der Waals surface area contributed by atoms with Crippen LogP contribution < -0.4 is 14.2 Å². The largest absolute Gasteiger partial charge is 0.468 e. The smallest absolute Gasteiger partial charge is 0.432 e. The summed E-state index contributed by atoms with van der Waals surface area (Å²) in [7, 11) is 0. The molecule has 2 aromatic rings. The van der Waals surface area contributed by atoms with Gasteiger partial charge in [-0.1, -0.05) is 59.1 Å². The maximum atomic E-state index is 13.7. The lowest BCUT2D eigenvalue weighted by atomic mass is 10.3. The topological polar surface area (TPSA) is 40.0 Å². The first kappa shape index (κ1) is 19.9. The Morgan fingerprint density at radius 2 is 1.44 bits per heavy atom. The van der Waals surface area contributed by atoms with Gasteiger partial charge in [0.15, 0.2) is 23.1 Å². The van der Waals surface area contributed by atoms with Gasteiger partial charge < -0.3 is 14.2 Å². The first-order chi connectivity index (χ1) is 12.5. The zero-order valence-corrected chi connectivity index (χ0v) is 15.2. The van der Waals surface area contributed by atoms with Gasteiger partial charge in [0.05, 0.1) is 0 Å². The van der Waals surface area contributed by atoms with Gasteiger partial charge in [0.2, 0.25) is 0 Å². The van der Waals surface area contributed by atoms with Crippen molar-refractivity contribution in [3.63, 3.8) is 0 Å². The van der Waals surface area contributed by atoms with Gasteiger partial charge in [0, 0.05) is 0 Å². The van der Waals surface area contributed by atoms with Crippen molar-refractivity contribution in [2.24, 2.45) is 4.99 Å². The minimum absolute atomic E-state index is 0.00000819. The summed E-state index contributed by atoms with van der Waals surface area (Å²) in [6.07, 6.45) is -5.17. The number of ether oxygens (including phenoxy) is 3. The van der Waals surface area contributed by atoms with Crippen LogP contribution in [0.2, 0.25) is 0 Å². The summed E-state index contributed by atoms with van der Waals surface area (Å²) < 4.78 is 66.6. The maximum absolute atomic E-state index is 13.7. The summed E-state index contributed by atoms with van der Waals surface area (Å²) in [6.45, 7) is 0. The zero-order valence-electron chi connectivity index (χ0n) is 12.9. The van der Waals surface area contributed by atoms with Gasteiger partial charge in [-0.05, 0) is 24.3 Å². The number of alkyl halides is 6. The van der Waals surface area contributed by atoms with E-state index in [0.29, 0.717) is 0 Å². The number of rotatable bonds is 2. The molecule has 0 amide bonds. The van der Waals surface area contributed by atoms with Crippen molar-refractivity contribution < 1.29 is 31.8 Å². The van der Waals surface area contributed by atoms with E-state index in [1.807, 2.05) is 0 Å². The van der Waals surface area contributed by atoms with Gasteiger partial charge in [0.25, 0.3) is 3.79 Å². The van der Waals surface area contributed by atoms with E-state index in [0.717, 1.165) is 12.1 Å². The Morgan fingerprint density at radius 1 is 0.926 bits per heavy atom. The molecule has 2 aromatic carbocycles. The molecule has 0 spiro atoms. The Morgan fingerprint density at radius 3 is 1.93 bits per heavy atom. The fourth-order valence-corrected chi connectivity index (χ4v) is 2.43. The van der Waals surface area contributed by atoms with E-state index < -0.39 is 33.3 Å². The molecule has 0 bridgehead atoms. The summed E-state index contributed by atoms with van der Waals surface area (Å²) in [4.78, 5) is 3.26. The van der Waals surface area contributed by atoms with Crippen molar-refractivity contribution >= 4 is 40.7 Å². The third-order valence-corrected chi connectivity index (χ3v) is 3.95. The molecule has 4 nitrogen and oxygen atoms in total. The molecule has 1 aliphatic heterocycles. The first-order valence-corrected chi connectivity index (χ1v) is 8.28. The predicted octanol–water partition coefficient (Wildman–Crippen LogP) is 5.66. The number of nitrogens with zero attached hydrogens (tertiary/aromatic N) is 1. The fraction of sp³-hybridized carbons (Fsp3) is 0.188. The third-order valence-electron chi connectivity index (χ3n) is 3.24. The molecule has 0 aromatic heterocycles. The minimum atomic E-state index is -5.17. The molecule has 27 heavy (non-hydrogen) atoms. The second-order valence-corrected chi connectivity index (χ2v) is 7.46. The van der Waals surface area contributed by atoms with E-state index >= 15 is 0 Å². The SMILES string of the molecule is Fc1ccccc1OC(=NC1(C(Cl)(Cl)Cl)Oc2ccccc2O1)C(F)(F)F. The second-order valence-electron chi connectivity index (χ2n) is 5.18. The van der Waals surface area contributed by atoms with Crippen LogP contribution >= 0.6 is 34.8 Å². The van der Waals surface area contributed by atoms with Crippen LogP contribution in [0.25, 0.3) is 0 Å². The average Bonchev–Trinajstić information content (AvgIpc) is 2.94. The lowest BCUT2D eigenvalue weighted by Gasteiger charge is -2.30. The number of hydrogen-bond donors (Lipinski definition) is 0. The van der Waals surface area contributed by atoms with Crippen molar-refractivity contribution in [1.29, 1.82) is 0 Å². The highest BCUT2D eigenvalue weighted by molar-refractivity contribution is 6.68. The van der Waals surface area contributed by atoms with Gasteiger partial charge in [-0.3, -0.25) is 0 Å². The normalized spacial score (nSPS) is 16.3. The summed E-state index contributed by atoms with van der Waals surface area (Å²) in [5.74, 6) is -6.44. The molecule has 144 valence electrons. The molecule has 0 fully saturated rings. The lowest BCUT2D eigenvalue weighted by molar-refractivity contribution is -0.0912. The number of halogens is 7. The molecule has 11 heteroatoms. The molecule has 1 heterocycles. The van der Waals surface area contributed by atoms with Crippen LogP contribution in [-0.4, -0.2) is 21.8 Å². The van der Waals surface area contributed by atoms with Crippen molar-refractivity contribution in [2.75, 3.05) is 0 Å². The number of aliphatic imine (C=N–C) groups is 1. The summed E-state index contributed by atoms with van der Waals surface area (Å²) in [5, 5.41) is 0. The van der Waals surface area contributed by atoms with Crippen molar-refractivity contribution in [3.05, 3.63) is 54.3 Å². The lowest BCUT2D eigenvalue weighted by Crippen LogP contribution is -2.51. The number of para-hydroxylation sites is 3. The molecule has 0 radical (unpaired) electrons. The van der Waals surface area contributed by atoms with E-state index in [1.165, 1.54) is 36.4 Å². The molecule has 0 atom stereocenters. The Balaban J connectivity index is 2.08. The van der Waals surface area contributed by atoms with Crippen LogP contribution in [0.1, 0.15) is 0 Å². The van der Waals surface area contributed by atoms with Gasteiger partial charge in [-0.15, -0.1) is 0 Å². The van der Waals surface area contributed by atoms with Crippen LogP contribution in [-0.2, 0) is 0 Å². The summed E-state index contributed by atoms with van der Waals surface area (Å²) in [6, 6.07) is 10.3. The minimum Gasteiger partial charge on any atom is -0.432 e.